The maximum atomic E-state index is 15.0. The lowest BCUT2D eigenvalue weighted by molar-refractivity contribution is -0.298. The largest absolute Gasteiger partial charge is 0.477 e. The third-order valence-corrected chi connectivity index (χ3v) is 25.6. The van der Waals surface area contributed by atoms with E-state index in [1.807, 2.05) is 0 Å². The van der Waals surface area contributed by atoms with Crippen LogP contribution in [0.4, 0.5) is 0 Å². The molecule has 0 aromatic rings. The second-order valence-electron chi connectivity index (χ2n) is 36.6. The van der Waals surface area contributed by atoms with Gasteiger partial charge in [0, 0.05) is 6.42 Å². The standard InChI is InChI=1S/C97H185N2O21P/c1-10-15-18-21-24-27-30-31-33-42-49-56-63-70-87(106)115-82(69-62-55-48-41-35-37-44-51-58-65-78(8)9)74-86(105)99-90-94(118-88(107)72-80(102)67-60-53-46-38-29-26-23-20-17-12-3)92(109)83(75-100)116-96(90)112-76-84-93(110)95(119-89(108)73-81(103)68-61-54-47-39-32-28-25-22-19-16-11-2)91(97(117-84)120-121(111,113-13-4)114-14-5)98-85(104)71-79(101)66-59-52-45-40-34-36-43-50-57-64-77(6)7/h77-84,90-97,100-103,109-110H,10-76H2,1-9H3,(H,98,104)(H,99,105)/t79-,80-,81-,82-,83-,84-,90-,91-,92-,93-,94-,95-,96-,97-/m1/s1. The van der Waals surface area contributed by atoms with Crippen LogP contribution >= 0.6 is 7.82 Å². The fraction of sp³-hybridized carbons (Fsp3) is 0.948. The van der Waals surface area contributed by atoms with Crippen LogP contribution in [0.15, 0.2) is 0 Å². The van der Waals surface area contributed by atoms with Crippen molar-refractivity contribution in [2.75, 3.05) is 26.4 Å². The molecule has 2 aliphatic rings. The molecule has 0 unspecified atom stereocenters. The molecule has 2 fully saturated rings. The van der Waals surface area contributed by atoms with Gasteiger partial charge in [0.15, 0.2) is 24.8 Å². The Hall–Kier alpha value is -2.90. The van der Waals surface area contributed by atoms with E-state index in [9.17, 15) is 59.2 Å². The first kappa shape index (κ1) is 114. The normalized spacial score (nSPS) is 20.5. The highest BCUT2D eigenvalue weighted by atomic mass is 31.2. The number of esters is 3. The number of phosphoric ester groups is 1. The lowest BCUT2D eigenvalue weighted by Gasteiger charge is -2.46. The first-order valence-electron chi connectivity index (χ1n) is 50.2. The quantitative estimate of drug-likeness (QED) is 0.0121. The number of aliphatic hydroxyl groups excluding tert-OH is 6. The Morgan fingerprint density at radius 2 is 0.661 bits per heavy atom. The highest BCUT2D eigenvalue weighted by Gasteiger charge is 2.54. The summed E-state index contributed by atoms with van der Waals surface area (Å²) in [6, 6.07) is -3.31. The van der Waals surface area contributed by atoms with Gasteiger partial charge in [-0.15, -0.1) is 0 Å². The lowest BCUT2D eigenvalue weighted by Crippen LogP contribution is -2.68. The fourth-order valence-corrected chi connectivity index (χ4v) is 17.9. The molecule has 8 N–H and O–H groups in total. The molecule has 0 aliphatic carbocycles. The average molecular weight is 1750 g/mol. The highest BCUT2D eigenvalue weighted by Crippen LogP contribution is 2.52. The van der Waals surface area contributed by atoms with Crippen molar-refractivity contribution in [2.45, 2.75) is 553 Å². The molecule has 0 radical (unpaired) electrons. The van der Waals surface area contributed by atoms with E-state index in [1.165, 1.54) is 186 Å². The maximum absolute atomic E-state index is 15.0. The smallest absolute Gasteiger partial charge is 0.462 e. The van der Waals surface area contributed by atoms with Gasteiger partial charge in [-0.05, 0) is 64.2 Å². The summed E-state index contributed by atoms with van der Waals surface area (Å²) in [5.74, 6) is -2.38. The molecule has 0 spiro atoms. The summed E-state index contributed by atoms with van der Waals surface area (Å²) in [5, 5.41) is 75.5. The van der Waals surface area contributed by atoms with E-state index >= 15 is 0 Å². The van der Waals surface area contributed by atoms with Crippen molar-refractivity contribution in [3.63, 3.8) is 0 Å². The minimum Gasteiger partial charge on any atom is -0.462 e. The Balaban J connectivity index is 2.65. The molecule has 2 aliphatic heterocycles. The number of carbonyl (C=O) groups excluding carboxylic acids is 5. The van der Waals surface area contributed by atoms with Gasteiger partial charge in [-0.2, -0.15) is 0 Å². The molecular formula is C97H185N2O21P. The van der Waals surface area contributed by atoms with Crippen molar-refractivity contribution in [3.8, 4) is 0 Å². The third kappa shape index (κ3) is 59.8. The van der Waals surface area contributed by atoms with E-state index < -0.39 is 156 Å². The SMILES string of the molecule is CCCCCCCCCCCCCCCC(=O)O[C@H](CCCCCCCCCCCC(C)C)CC(=O)N[C@H]1[C@H](OC[C@H]2O[C@H](OP(=O)(OCC)OCC)[C@H](NC(=O)C[C@H](O)CCCCCCCCCCCC(C)C)[C@@H](OC(=O)C[C@H](O)CCCCCCCCCCCCC)[C@@H]2O)O[C@H](CO)[C@@H](O)[C@@H]1OC(=O)C[C@H](O)CCCCCCCCCCCC. The van der Waals surface area contributed by atoms with Crippen LogP contribution in [-0.4, -0.2) is 172 Å². The van der Waals surface area contributed by atoms with Gasteiger partial charge in [0.05, 0.1) is 70.4 Å². The molecule has 0 bridgehead atoms. The Morgan fingerprint density at radius 1 is 0.364 bits per heavy atom. The van der Waals surface area contributed by atoms with Gasteiger partial charge in [-0.1, -0.05) is 382 Å². The van der Waals surface area contributed by atoms with Crippen LogP contribution in [0.3, 0.4) is 0 Å². The predicted octanol–water partition coefficient (Wildman–Crippen LogP) is 22.1. The number of nitrogens with one attached hydrogen (secondary N) is 2. The second-order valence-corrected chi connectivity index (χ2v) is 38.2. The van der Waals surface area contributed by atoms with Crippen molar-refractivity contribution in [2.24, 2.45) is 11.8 Å². The summed E-state index contributed by atoms with van der Waals surface area (Å²) >= 11 is 0. The first-order valence-corrected chi connectivity index (χ1v) is 51.7. The number of hydrogen-bond donors (Lipinski definition) is 8. The van der Waals surface area contributed by atoms with Gasteiger partial charge in [0.2, 0.25) is 11.8 Å². The van der Waals surface area contributed by atoms with Gasteiger partial charge in [0.25, 0.3) is 0 Å². The zero-order chi connectivity index (χ0) is 88.8. The minimum absolute atomic E-state index is 0.171. The number of rotatable bonds is 84. The van der Waals surface area contributed by atoms with Gasteiger partial charge in [0.1, 0.15) is 42.6 Å². The monoisotopic (exact) mass is 1750 g/mol. The molecule has 121 heavy (non-hydrogen) atoms. The zero-order valence-corrected chi connectivity index (χ0v) is 79.3. The van der Waals surface area contributed by atoms with Crippen LogP contribution in [0, 0.1) is 11.8 Å². The van der Waals surface area contributed by atoms with Gasteiger partial charge < -0.3 is 69.7 Å². The van der Waals surface area contributed by atoms with Crippen molar-refractivity contribution in [1.82, 2.24) is 10.6 Å². The lowest BCUT2D eigenvalue weighted by atomic mass is 9.95. The summed E-state index contributed by atoms with van der Waals surface area (Å²) in [5.41, 5.74) is 0. The molecule has 2 saturated heterocycles. The topological polar surface area (TPSA) is 331 Å². The Labute approximate surface area is 736 Å². The number of amides is 2. The first-order chi connectivity index (χ1) is 58.5. The van der Waals surface area contributed by atoms with Crippen LogP contribution in [0.25, 0.3) is 0 Å². The van der Waals surface area contributed by atoms with E-state index in [2.05, 4.69) is 59.1 Å². The minimum atomic E-state index is -4.65. The molecule has 23 nitrogen and oxygen atoms in total. The molecular weight excluding hydrogens is 1560 g/mol. The molecule has 0 saturated carbocycles. The van der Waals surface area contributed by atoms with Crippen LogP contribution in [0.2, 0.25) is 0 Å². The summed E-state index contributed by atoms with van der Waals surface area (Å²) in [6.45, 7) is 16.8. The number of aliphatic hydroxyl groups is 6. The third-order valence-electron chi connectivity index (χ3n) is 24.0. The van der Waals surface area contributed by atoms with Crippen LogP contribution in [0.5, 0.6) is 0 Å². The molecule has 714 valence electrons. The van der Waals surface area contributed by atoms with E-state index in [0.29, 0.717) is 63.2 Å². The molecule has 14 atom stereocenters. The van der Waals surface area contributed by atoms with Crippen LogP contribution in [0.1, 0.15) is 467 Å². The number of carbonyl (C=O) groups is 5. The van der Waals surface area contributed by atoms with Crippen molar-refractivity contribution in [3.05, 3.63) is 0 Å². The molecule has 2 rings (SSSR count). The highest BCUT2D eigenvalue weighted by molar-refractivity contribution is 7.48. The summed E-state index contributed by atoms with van der Waals surface area (Å²) in [6.07, 6.45) is 40.3. The summed E-state index contributed by atoms with van der Waals surface area (Å²) in [4.78, 5) is 71.7. The van der Waals surface area contributed by atoms with E-state index in [-0.39, 0.29) is 32.5 Å². The Bertz CT molecular complexity index is 2510. The Morgan fingerprint density at radius 3 is 1.01 bits per heavy atom. The van der Waals surface area contributed by atoms with Crippen molar-refractivity contribution < 1.29 is 101 Å². The molecule has 24 heteroatoms. The predicted molar refractivity (Wildman–Crippen MR) is 483 cm³/mol. The van der Waals surface area contributed by atoms with E-state index in [0.717, 1.165) is 128 Å². The van der Waals surface area contributed by atoms with Gasteiger partial charge in [-0.25, -0.2) is 4.57 Å². The molecule has 0 aromatic carbocycles. The van der Waals surface area contributed by atoms with Crippen LogP contribution < -0.4 is 10.6 Å². The van der Waals surface area contributed by atoms with E-state index in [4.69, 9.17) is 42.0 Å². The molecule has 2 amide bonds. The second kappa shape index (κ2) is 76.0. The number of phosphoric acid groups is 1. The van der Waals surface area contributed by atoms with Crippen LogP contribution in [-0.2, 0) is 70.5 Å². The number of unbranched alkanes of at least 4 members (excludes halogenated alkanes) is 47. The Kier molecular flexibility index (Phi) is 71.7. The van der Waals surface area contributed by atoms with E-state index in [1.54, 1.807) is 13.8 Å². The summed E-state index contributed by atoms with van der Waals surface area (Å²) < 4.78 is 69.6. The number of hydrogen-bond acceptors (Lipinski definition) is 21. The van der Waals surface area contributed by atoms with Crippen molar-refractivity contribution >= 4 is 37.5 Å². The molecule has 2 heterocycles. The molecule has 0 aromatic heterocycles. The van der Waals surface area contributed by atoms with Crippen molar-refractivity contribution in [1.29, 1.82) is 0 Å². The summed E-state index contributed by atoms with van der Waals surface area (Å²) in [7, 11) is -4.65. The average Bonchev–Trinajstić information content (AvgIpc) is 0.830. The number of ether oxygens (including phenoxy) is 6. The van der Waals surface area contributed by atoms with Gasteiger partial charge >= 0.3 is 25.7 Å². The zero-order valence-electron chi connectivity index (χ0n) is 78.4. The van der Waals surface area contributed by atoms with Gasteiger partial charge in [-0.3, -0.25) is 37.5 Å². The fourth-order valence-electron chi connectivity index (χ4n) is 16.7. The maximum Gasteiger partial charge on any atom is 0.477 e.